The van der Waals surface area contributed by atoms with Crippen LogP contribution in [0.4, 0.5) is 5.69 Å². The van der Waals surface area contributed by atoms with Gasteiger partial charge in [-0.25, -0.2) is 4.79 Å². The van der Waals surface area contributed by atoms with Crippen molar-refractivity contribution in [1.29, 1.82) is 0 Å². The van der Waals surface area contributed by atoms with E-state index in [1.54, 1.807) is 6.07 Å². The summed E-state index contributed by atoms with van der Waals surface area (Å²) >= 11 is 0. The van der Waals surface area contributed by atoms with E-state index in [-0.39, 0.29) is 11.0 Å². The molecule has 0 aliphatic carbocycles. The highest BCUT2D eigenvalue weighted by Crippen LogP contribution is 2.32. The minimum Gasteiger partial charge on any atom is -0.501 e. The summed E-state index contributed by atoms with van der Waals surface area (Å²) in [5, 5.41) is 20.5. The first-order chi connectivity index (χ1) is 9.04. The Labute approximate surface area is 107 Å². The zero-order valence-corrected chi connectivity index (χ0v) is 10.1. The predicted octanol–water partition coefficient (Wildman–Crippen LogP) is 2.20. The Morgan fingerprint density at radius 3 is 2.84 bits per heavy atom. The highest BCUT2D eigenvalue weighted by Gasteiger charge is 2.24. The molecule has 19 heavy (non-hydrogen) atoms. The van der Waals surface area contributed by atoms with Gasteiger partial charge in [0.15, 0.2) is 0 Å². The molecular formula is C12H11NO6. The van der Waals surface area contributed by atoms with E-state index in [1.165, 1.54) is 12.1 Å². The molecule has 0 unspecified atom stereocenters. The van der Waals surface area contributed by atoms with Crippen molar-refractivity contribution >= 4 is 16.7 Å². The molecule has 7 nitrogen and oxygen atoms in total. The second-order valence-corrected chi connectivity index (χ2v) is 3.85. The van der Waals surface area contributed by atoms with Gasteiger partial charge in [0, 0.05) is 6.07 Å². The number of nitro groups is 1. The lowest BCUT2D eigenvalue weighted by Crippen LogP contribution is -2.07. The van der Waals surface area contributed by atoms with Gasteiger partial charge in [-0.3, -0.25) is 10.1 Å². The molecule has 7 heteroatoms. The molecule has 1 aromatic carbocycles. The molecule has 0 radical (unpaired) electrons. The summed E-state index contributed by atoms with van der Waals surface area (Å²) in [5.74, 6) is -0.232. The summed E-state index contributed by atoms with van der Waals surface area (Å²) in [6.45, 7) is 2.44. The SMILES string of the molecule is CCCOc1ccc2c(O)c([N+](=O)[O-])c(=O)oc2c1. The summed E-state index contributed by atoms with van der Waals surface area (Å²) in [5.41, 5.74) is -2.11. The van der Waals surface area contributed by atoms with E-state index in [0.29, 0.717) is 12.4 Å². The van der Waals surface area contributed by atoms with Crippen LogP contribution in [0.1, 0.15) is 13.3 Å². The summed E-state index contributed by atoms with van der Waals surface area (Å²) in [4.78, 5) is 21.1. The molecule has 0 saturated heterocycles. The number of rotatable bonds is 4. The van der Waals surface area contributed by atoms with Crippen LogP contribution in [-0.2, 0) is 0 Å². The average Bonchev–Trinajstić information content (AvgIpc) is 2.35. The molecule has 0 spiro atoms. The largest absolute Gasteiger partial charge is 0.501 e. The van der Waals surface area contributed by atoms with Gasteiger partial charge in [0.1, 0.15) is 11.3 Å². The molecular weight excluding hydrogens is 254 g/mol. The van der Waals surface area contributed by atoms with Crippen LogP contribution in [0.2, 0.25) is 0 Å². The second kappa shape index (κ2) is 4.97. The first-order valence-electron chi connectivity index (χ1n) is 5.61. The van der Waals surface area contributed by atoms with Crippen molar-refractivity contribution in [2.75, 3.05) is 6.61 Å². The van der Waals surface area contributed by atoms with Gasteiger partial charge < -0.3 is 14.3 Å². The van der Waals surface area contributed by atoms with Crippen LogP contribution in [0, 0.1) is 10.1 Å². The van der Waals surface area contributed by atoms with E-state index in [1.807, 2.05) is 6.92 Å². The smallest absolute Gasteiger partial charge is 0.419 e. The highest BCUT2D eigenvalue weighted by molar-refractivity contribution is 5.87. The van der Waals surface area contributed by atoms with Crippen molar-refractivity contribution in [2.45, 2.75) is 13.3 Å². The van der Waals surface area contributed by atoms with Crippen molar-refractivity contribution in [1.82, 2.24) is 0 Å². The topological polar surface area (TPSA) is 103 Å². The number of nitrogens with zero attached hydrogens (tertiary/aromatic N) is 1. The maximum Gasteiger partial charge on any atom is 0.419 e. The van der Waals surface area contributed by atoms with Crippen molar-refractivity contribution in [3.8, 4) is 11.5 Å². The number of hydrogen-bond acceptors (Lipinski definition) is 6. The Balaban J connectivity index is 2.60. The number of ether oxygens (including phenoxy) is 1. The van der Waals surface area contributed by atoms with E-state index in [4.69, 9.17) is 9.15 Å². The lowest BCUT2D eigenvalue weighted by Gasteiger charge is -2.05. The Kier molecular flexibility index (Phi) is 3.37. The van der Waals surface area contributed by atoms with Gasteiger partial charge in [0.25, 0.3) is 0 Å². The second-order valence-electron chi connectivity index (χ2n) is 3.85. The molecule has 1 aromatic heterocycles. The molecule has 2 rings (SSSR count). The molecule has 1 N–H and O–H groups in total. The van der Waals surface area contributed by atoms with Gasteiger partial charge >= 0.3 is 11.3 Å². The maximum atomic E-state index is 11.4. The minimum absolute atomic E-state index is 0.0432. The number of aromatic hydroxyl groups is 1. The van der Waals surface area contributed by atoms with Crippen LogP contribution < -0.4 is 10.4 Å². The molecule has 0 amide bonds. The van der Waals surface area contributed by atoms with E-state index >= 15 is 0 Å². The van der Waals surface area contributed by atoms with Crippen LogP contribution in [0.15, 0.2) is 27.4 Å². The third-order valence-corrected chi connectivity index (χ3v) is 2.48. The normalized spacial score (nSPS) is 10.6. The summed E-state index contributed by atoms with van der Waals surface area (Å²) in [6.07, 6.45) is 0.813. The van der Waals surface area contributed by atoms with E-state index in [0.717, 1.165) is 6.42 Å². The van der Waals surface area contributed by atoms with Gasteiger partial charge in [-0.05, 0) is 18.6 Å². The van der Waals surface area contributed by atoms with Gasteiger partial charge in [0.2, 0.25) is 5.75 Å². The first kappa shape index (κ1) is 12.9. The monoisotopic (exact) mass is 265 g/mol. The zero-order valence-electron chi connectivity index (χ0n) is 10.1. The predicted molar refractivity (Wildman–Crippen MR) is 66.6 cm³/mol. The van der Waals surface area contributed by atoms with Gasteiger partial charge in [-0.1, -0.05) is 6.92 Å². The molecule has 0 saturated carbocycles. The Morgan fingerprint density at radius 1 is 1.47 bits per heavy atom. The molecule has 100 valence electrons. The molecule has 1 heterocycles. The number of benzene rings is 1. The van der Waals surface area contributed by atoms with Crippen molar-refractivity contribution in [2.24, 2.45) is 0 Å². The van der Waals surface area contributed by atoms with Crippen molar-refractivity contribution in [3.63, 3.8) is 0 Å². The number of fused-ring (bicyclic) bond motifs is 1. The van der Waals surface area contributed by atoms with Crippen LogP contribution in [0.5, 0.6) is 11.5 Å². The van der Waals surface area contributed by atoms with Crippen LogP contribution in [0.25, 0.3) is 11.0 Å². The van der Waals surface area contributed by atoms with Crippen molar-refractivity contribution < 1.29 is 19.2 Å². The fourth-order valence-electron chi connectivity index (χ4n) is 1.63. The van der Waals surface area contributed by atoms with Gasteiger partial charge in [-0.15, -0.1) is 0 Å². The summed E-state index contributed by atoms with van der Waals surface area (Å²) in [7, 11) is 0. The van der Waals surface area contributed by atoms with E-state index < -0.39 is 22.0 Å². The van der Waals surface area contributed by atoms with E-state index in [2.05, 4.69) is 0 Å². The third-order valence-electron chi connectivity index (χ3n) is 2.48. The standard InChI is InChI=1S/C12H11NO6/c1-2-5-18-7-3-4-8-9(6-7)19-12(15)10(11(8)14)13(16)17/h3-4,6,14H,2,5H2,1H3. The minimum atomic E-state index is -1.19. The number of hydrogen-bond donors (Lipinski definition) is 1. The average molecular weight is 265 g/mol. The van der Waals surface area contributed by atoms with Crippen molar-refractivity contribution in [3.05, 3.63) is 38.7 Å². The maximum absolute atomic E-state index is 11.4. The fourth-order valence-corrected chi connectivity index (χ4v) is 1.63. The molecule has 2 aromatic rings. The van der Waals surface area contributed by atoms with Crippen LogP contribution in [-0.4, -0.2) is 16.6 Å². The van der Waals surface area contributed by atoms with Gasteiger partial charge in [0.05, 0.1) is 16.9 Å². The summed E-state index contributed by atoms with van der Waals surface area (Å²) < 4.78 is 10.2. The third kappa shape index (κ3) is 2.35. The lowest BCUT2D eigenvalue weighted by atomic mass is 10.2. The summed E-state index contributed by atoms with van der Waals surface area (Å²) in [6, 6.07) is 4.36. The Hall–Kier alpha value is -2.57. The lowest BCUT2D eigenvalue weighted by molar-refractivity contribution is -0.388. The Bertz CT molecular complexity index is 690. The fraction of sp³-hybridized carbons (Fsp3) is 0.250. The van der Waals surface area contributed by atoms with Crippen LogP contribution in [0.3, 0.4) is 0 Å². The quantitative estimate of drug-likeness (QED) is 0.516. The van der Waals surface area contributed by atoms with Crippen LogP contribution >= 0.6 is 0 Å². The van der Waals surface area contributed by atoms with E-state index in [9.17, 15) is 20.0 Å². The Morgan fingerprint density at radius 2 is 2.21 bits per heavy atom. The molecule has 0 aliphatic rings. The van der Waals surface area contributed by atoms with Gasteiger partial charge in [-0.2, -0.15) is 0 Å². The molecule has 0 fully saturated rings. The zero-order chi connectivity index (χ0) is 14.0. The molecule has 0 atom stereocenters. The molecule has 0 bridgehead atoms. The highest BCUT2D eigenvalue weighted by atomic mass is 16.6. The molecule has 0 aliphatic heterocycles. The first-order valence-corrected chi connectivity index (χ1v) is 5.61.